The van der Waals surface area contributed by atoms with Crippen LogP contribution < -0.4 is 25.5 Å². The molecule has 2 heterocycles. The summed E-state index contributed by atoms with van der Waals surface area (Å²) < 4.78 is 81.8. The van der Waals surface area contributed by atoms with E-state index < -0.39 is 47.8 Å². The van der Waals surface area contributed by atoms with Crippen molar-refractivity contribution in [3.05, 3.63) is 118 Å². The molecule has 298 valence electrons. The van der Waals surface area contributed by atoms with Crippen LogP contribution in [0.1, 0.15) is 51.5 Å². The Morgan fingerprint density at radius 2 is 1.55 bits per heavy atom. The molecule has 0 unspecified atom stereocenters. The fourth-order valence-electron chi connectivity index (χ4n) is 5.20. The molecule has 0 aliphatic carbocycles. The predicted octanol–water partition coefficient (Wildman–Crippen LogP) is 5.28. The van der Waals surface area contributed by atoms with Gasteiger partial charge in [-0.2, -0.15) is 30.7 Å². The number of carbonyl (C=O) groups is 4. The van der Waals surface area contributed by atoms with Crippen LogP contribution in [0.3, 0.4) is 0 Å². The average Bonchev–Trinajstić information content (AvgIpc) is 3.63. The fraction of sp³-hybridized carbons (Fsp3) is 0.270. The van der Waals surface area contributed by atoms with Gasteiger partial charge in [-0.1, -0.05) is 41.7 Å². The van der Waals surface area contributed by atoms with E-state index in [4.69, 9.17) is 14.6 Å². The number of amides is 3. The number of alkyl halides is 6. The Hall–Kier alpha value is -6.11. The minimum atomic E-state index is -5.19. The summed E-state index contributed by atoms with van der Waals surface area (Å²) in [6.45, 7) is 5.25. The van der Waals surface area contributed by atoms with Crippen molar-refractivity contribution in [3.63, 3.8) is 0 Å². The van der Waals surface area contributed by atoms with E-state index in [-0.39, 0.29) is 36.9 Å². The molecule has 5 aromatic rings. The summed E-state index contributed by atoms with van der Waals surface area (Å²) >= 11 is 1.41. The van der Waals surface area contributed by atoms with Gasteiger partial charge in [-0.25, -0.2) is 14.2 Å². The number of esters is 1. The number of aromatic hydroxyl groups is 1. The number of halogens is 6. The van der Waals surface area contributed by atoms with Crippen molar-refractivity contribution in [2.45, 2.75) is 64.8 Å². The molecule has 4 N–H and O–H groups in total. The number of imidazole rings is 1. The molecule has 0 saturated heterocycles. The highest BCUT2D eigenvalue weighted by molar-refractivity contribution is 7.16. The second-order valence-corrected chi connectivity index (χ2v) is 13.7. The Balaban J connectivity index is 0.000000908. The van der Waals surface area contributed by atoms with Gasteiger partial charge in [0.05, 0.1) is 23.8 Å². The first-order valence-corrected chi connectivity index (χ1v) is 17.4. The number of urea groups is 1. The Kier molecular flexibility index (Phi) is 13.7. The molecule has 2 aromatic heterocycles. The number of aliphatic carboxylic acids is 1. The molecule has 3 aromatic carbocycles. The maximum atomic E-state index is 13.8. The number of phenols is 1. The number of nitrogens with one attached hydrogen (secondary N) is 3. The molecule has 56 heavy (non-hydrogen) atoms. The van der Waals surface area contributed by atoms with Crippen molar-refractivity contribution in [1.29, 1.82) is 0 Å². The highest BCUT2D eigenvalue weighted by atomic mass is 32.1. The van der Waals surface area contributed by atoms with Crippen LogP contribution in [0.2, 0.25) is 0 Å². The number of thiazole rings is 1. The van der Waals surface area contributed by atoms with E-state index in [1.54, 1.807) is 42.8 Å². The number of phenolic OH excluding ortho intramolecular Hbond substituents is 1. The van der Waals surface area contributed by atoms with E-state index in [2.05, 4.69) is 16.0 Å². The van der Waals surface area contributed by atoms with Gasteiger partial charge in [-0.15, -0.1) is 0 Å². The first-order valence-electron chi connectivity index (χ1n) is 16.6. The maximum Gasteiger partial charge on any atom is 0.430 e. The number of carboxylic acids is 1. The number of hydrogen-bond donors (Lipinski definition) is 4. The maximum absolute atomic E-state index is 13.8. The van der Waals surface area contributed by atoms with E-state index >= 15 is 0 Å². The average molecular weight is 808 g/mol. The summed E-state index contributed by atoms with van der Waals surface area (Å²) in [5.74, 6) is -4.01. The normalized spacial score (nSPS) is 12.0. The first-order chi connectivity index (χ1) is 26.2. The largest absolute Gasteiger partial charge is 0.542 e. The van der Waals surface area contributed by atoms with Crippen LogP contribution in [0.4, 0.5) is 36.8 Å². The standard InChI is InChI=1S/C35H34F3N5O5S.C2HF3O2/c1-21(2)48-32(46)24-10-12-26(13-11-24)40-33(47)41-30(16-23-8-14-28(44)15-9-23)31(45)39-17-27-20-42-18-22(3)49-34(42)43(27)19-25-6-4-5-7-29(25)35(36,37)38;3-2(4,5)1(6)7/h4-15,18,20-21,30H,16-17,19H2,1-3H3,(H3-,39,40,41,44,45,46,47);(H,6,7)/t30-;/m0./s1. The molecule has 1 atom stereocenters. The van der Waals surface area contributed by atoms with Gasteiger partial charge < -0.3 is 35.7 Å². The lowest BCUT2D eigenvalue weighted by Crippen LogP contribution is -2.49. The van der Waals surface area contributed by atoms with E-state index in [0.29, 0.717) is 27.5 Å². The smallest absolute Gasteiger partial charge is 0.430 e. The van der Waals surface area contributed by atoms with Gasteiger partial charge in [0.2, 0.25) is 5.91 Å². The SMILES string of the molecule is Cc1c[n+]2cc(CNC(=O)[C@H](Cc3ccc(O)cc3)NC(=O)Nc3ccc(C(=O)OC(C)C)cc3)n(Cc3ccccc3C(F)(F)F)c2s1.O=C([O-])C(F)(F)F. The van der Waals surface area contributed by atoms with E-state index in [1.807, 2.05) is 17.5 Å². The van der Waals surface area contributed by atoms with Crippen LogP contribution in [0.5, 0.6) is 5.75 Å². The van der Waals surface area contributed by atoms with Gasteiger partial charge in [0.25, 0.3) is 0 Å². The Bertz CT molecular complexity index is 2170. The Labute approximate surface area is 319 Å². The zero-order valence-corrected chi connectivity index (χ0v) is 30.6. The highest BCUT2D eigenvalue weighted by Gasteiger charge is 2.34. The molecule has 5 rings (SSSR count). The fourth-order valence-corrected chi connectivity index (χ4v) is 6.16. The number of nitrogens with zero attached hydrogens (tertiary/aromatic N) is 2. The summed E-state index contributed by atoms with van der Waals surface area (Å²) in [6.07, 6.45) is -6.34. The van der Waals surface area contributed by atoms with Crippen LogP contribution in [0.15, 0.2) is 85.2 Å². The van der Waals surface area contributed by atoms with Crippen molar-refractivity contribution in [3.8, 4) is 5.75 Å². The third-order valence-electron chi connectivity index (χ3n) is 7.71. The zero-order chi connectivity index (χ0) is 41.4. The minimum absolute atomic E-state index is 0.0379. The quantitative estimate of drug-likeness (QED) is 0.0801. The Morgan fingerprint density at radius 1 is 0.929 bits per heavy atom. The van der Waals surface area contributed by atoms with Crippen molar-refractivity contribution >= 4 is 45.9 Å². The van der Waals surface area contributed by atoms with Crippen molar-refractivity contribution in [2.24, 2.45) is 0 Å². The van der Waals surface area contributed by atoms with E-state index in [1.165, 1.54) is 59.9 Å². The summed E-state index contributed by atoms with van der Waals surface area (Å²) in [7, 11) is 0. The number of fused-ring (bicyclic) bond motifs is 1. The zero-order valence-electron chi connectivity index (χ0n) is 29.8. The van der Waals surface area contributed by atoms with E-state index in [9.17, 15) is 45.8 Å². The molecule has 0 aliphatic rings. The van der Waals surface area contributed by atoms with Crippen LogP contribution in [0, 0.1) is 6.92 Å². The van der Waals surface area contributed by atoms with Gasteiger partial charge in [0, 0.05) is 22.5 Å². The molecule has 0 spiro atoms. The molecule has 0 saturated carbocycles. The number of ether oxygens (including phenoxy) is 1. The minimum Gasteiger partial charge on any atom is -0.542 e. The van der Waals surface area contributed by atoms with Crippen LogP contribution in [-0.2, 0) is 40.0 Å². The summed E-state index contributed by atoms with van der Waals surface area (Å²) in [6, 6.07) is 15.9. The molecule has 0 bridgehead atoms. The number of benzene rings is 3. The van der Waals surface area contributed by atoms with Crippen LogP contribution in [-0.4, -0.2) is 51.9 Å². The van der Waals surface area contributed by atoms with Gasteiger partial charge in [-0.3, -0.25) is 4.79 Å². The summed E-state index contributed by atoms with van der Waals surface area (Å²) in [5.41, 5.74) is 1.24. The number of aryl methyl sites for hydroxylation is 1. The number of anilines is 1. The first kappa shape index (κ1) is 42.6. The molecule has 0 radical (unpaired) electrons. The predicted molar refractivity (Wildman–Crippen MR) is 188 cm³/mol. The van der Waals surface area contributed by atoms with Gasteiger partial charge in [-0.05, 0) is 68.8 Å². The molecule has 0 fully saturated rings. The number of carboxylic acid groups (broad SMARTS) is 1. The van der Waals surface area contributed by atoms with Gasteiger partial charge >= 0.3 is 29.3 Å². The third kappa shape index (κ3) is 11.9. The topological polar surface area (TPSA) is 166 Å². The number of aromatic nitrogens is 2. The lowest BCUT2D eigenvalue weighted by atomic mass is 10.0. The van der Waals surface area contributed by atoms with Gasteiger partial charge in [0.1, 0.15) is 36.7 Å². The lowest BCUT2D eigenvalue weighted by molar-refractivity contribution is -0.506. The molecule has 12 nitrogen and oxygen atoms in total. The lowest BCUT2D eigenvalue weighted by Gasteiger charge is -2.19. The molecular formula is C37H35F6N5O7S. The van der Waals surface area contributed by atoms with Crippen molar-refractivity contribution < 1.29 is 64.9 Å². The number of rotatable bonds is 11. The molecule has 0 aliphatic heterocycles. The third-order valence-corrected chi connectivity index (χ3v) is 8.75. The van der Waals surface area contributed by atoms with Crippen LogP contribution in [0.25, 0.3) is 4.96 Å². The molecular weight excluding hydrogens is 772 g/mol. The second kappa shape index (κ2) is 18.0. The molecule has 19 heteroatoms. The Morgan fingerprint density at radius 3 is 2.14 bits per heavy atom. The van der Waals surface area contributed by atoms with E-state index in [0.717, 1.165) is 10.9 Å². The monoisotopic (exact) mass is 807 g/mol. The highest BCUT2D eigenvalue weighted by Crippen LogP contribution is 2.33. The number of hydrogen-bond acceptors (Lipinski definition) is 8. The molecule has 3 amide bonds. The van der Waals surface area contributed by atoms with Gasteiger partial charge in [0.15, 0.2) is 5.69 Å². The van der Waals surface area contributed by atoms with Crippen molar-refractivity contribution in [1.82, 2.24) is 15.2 Å². The summed E-state index contributed by atoms with van der Waals surface area (Å²) in [5, 5.41) is 26.7. The number of carbonyl (C=O) groups excluding carboxylic acids is 4. The summed E-state index contributed by atoms with van der Waals surface area (Å²) in [4.78, 5) is 49.3. The van der Waals surface area contributed by atoms with Crippen molar-refractivity contribution in [2.75, 3.05) is 5.32 Å². The second-order valence-electron chi connectivity index (χ2n) is 12.4. The van der Waals surface area contributed by atoms with Crippen LogP contribution >= 0.6 is 11.3 Å².